The average Bonchev–Trinajstić information content (AvgIpc) is 2.87. The number of anilines is 2. The minimum atomic E-state index is 0.564. The molecule has 1 saturated carbocycles. The minimum Gasteiger partial charge on any atom is -0.370 e. The molecule has 1 aromatic heterocycles. The van der Waals surface area contributed by atoms with E-state index in [0.29, 0.717) is 6.04 Å². The largest absolute Gasteiger partial charge is 0.370 e. The van der Waals surface area contributed by atoms with Crippen molar-refractivity contribution in [2.45, 2.75) is 57.7 Å². The highest BCUT2D eigenvalue weighted by Crippen LogP contribution is 2.32. The zero-order valence-electron chi connectivity index (χ0n) is 12.8. The van der Waals surface area contributed by atoms with Crippen molar-refractivity contribution in [3.63, 3.8) is 0 Å². The lowest BCUT2D eigenvalue weighted by molar-refractivity contribution is 0.748. The van der Waals surface area contributed by atoms with Gasteiger partial charge in [0.25, 0.3) is 0 Å². The highest BCUT2D eigenvalue weighted by atomic mass is 32.2. The molecule has 2 unspecified atom stereocenters. The first kappa shape index (κ1) is 15.4. The summed E-state index contributed by atoms with van der Waals surface area (Å²) in [6.45, 7) is 7.39. The van der Waals surface area contributed by atoms with E-state index in [2.05, 4.69) is 53.1 Å². The van der Waals surface area contributed by atoms with E-state index in [4.69, 9.17) is 0 Å². The van der Waals surface area contributed by atoms with E-state index in [1.165, 1.54) is 30.6 Å². The van der Waals surface area contributed by atoms with Gasteiger partial charge in [-0.05, 0) is 38.4 Å². The van der Waals surface area contributed by atoms with Crippen LogP contribution in [0.5, 0.6) is 0 Å². The van der Waals surface area contributed by atoms with Crippen LogP contribution < -0.4 is 10.6 Å². The second-order valence-corrected chi connectivity index (χ2v) is 6.74. The number of rotatable bonds is 7. The Morgan fingerprint density at radius 2 is 2.00 bits per heavy atom. The van der Waals surface area contributed by atoms with Crippen molar-refractivity contribution in [1.29, 1.82) is 0 Å². The summed E-state index contributed by atoms with van der Waals surface area (Å²) in [6.07, 6.45) is 6.43. The van der Waals surface area contributed by atoms with Crippen molar-refractivity contribution in [3.05, 3.63) is 11.9 Å². The molecule has 0 aliphatic heterocycles. The van der Waals surface area contributed by atoms with Crippen molar-refractivity contribution < 1.29 is 0 Å². The summed E-state index contributed by atoms with van der Waals surface area (Å²) in [7, 11) is 0. The summed E-state index contributed by atoms with van der Waals surface area (Å²) in [4.78, 5) is 8.81. The van der Waals surface area contributed by atoms with Gasteiger partial charge in [0.1, 0.15) is 18.0 Å². The van der Waals surface area contributed by atoms with E-state index in [1.54, 1.807) is 6.33 Å². The molecule has 1 aliphatic rings. The molecule has 1 aromatic rings. The van der Waals surface area contributed by atoms with Gasteiger partial charge in [0.05, 0.1) is 0 Å². The highest BCUT2D eigenvalue weighted by molar-refractivity contribution is 7.99. The first-order chi connectivity index (χ1) is 9.78. The molecule has 0 spiro atoms. The lowest BCUT2D eigenvalue weighted by Crippen LogP contribution is -2.19. The van der Waals surface area contributed by atoms with E-state index in [9.17, 15) is 0 Å². The first-order valence-corrected chi connectivity index (χ1v) is 8.79. The molecule has 0 aromatic carbocycles. The molecule has 0 saturated heterocycles. The van der Waals surface area contributed by atoms with Gasteiger partial charge in [0.15, 0.2) is 0 Å². The first-order valence-electron chi connectivity index (χ1n) is 7.74. The van der Waals surface area contributed by atoms with Crippen molar-refractivity contribution >= 4 is 23.4 Å². The highest BCUT2D eigenvalue weighted by Gasteiger charge is 2.25. The van der Waals surface area contributed by atoms with Crippen LogP contribution in [-0.4, -0.2) is 33.6 Å². The molecule has 1 aliphatic carbocycles. The number of aromatic nitrogens is 2. The normalized spacial score (nSPS) is 21.9. The standard InChI is InChI=1S/C15H26N4S/c1-4-13-14(16-5-2)17-10-18-15(13)19-11-7-8-12(9-11)20-6-3/h10-12H,4-9H2,1-3H3,(H2,16,17,18,19). The minimum absolute atomic E-state index is 0.564. The van der Waals surface area contributed by atoms with E-state index >= 15 is 0 Å². The maximum Gasteiger partial charge on any atom is 0.134 e. The summed E-state index contributed by atoms with van der Waals surface area (Å²) in [5, 5.41) is 7.79. The molecule has 0 amide bonds. The molecule has 2 atom stereocenters. The van der Waals surface area contributed by atoms with Crippen molar-refractivity contribution in [2.24, 2.45) is 0 Å². The van der Waals surface area contributed by atoms with Crippen LogP contribution in [0.4, 0.5) is 11.6 Å². The van der Waals surface area contributed by atoms with Gasteiger partial charge >= 0.3 is 0 Å². The van der Waals surface area contributed by atoms with Gasteiger partial charge < -0.3 is 10.6 Å². The van der Waals surface area contributed by atoms with Crippen LogP contribution in [0.2, 0.25) is 0 Å². The second-order valence-electron chi connectivity index (χ2n) is 5.16. The Bertz CT molecular complexity index is 424. The average molecular weight is 294 g/mol. The van der Waals surface area contributed by atoms with Gasteiger partial charge in [-0.1, -0.05) is 13.8 Å². The number of hydrogen-bond acceptors (Lipinski definition) is 5. The van der Waals surface area contributed by atoms with Crippen LogP contribution in [0.1, 0.15) is 45.6 Å². The molecule has 0 bridgehead atoms. The Labute approximate surface area is 126 Å². The topological polar surface area (TPSA) is 49.8 Å². The fraction of sp³-hybridized carbons (Fsp3) is 0.733. The summed E-state index contributed by atoms with van der Waals surface area (Å²) in [5.41, 5.74) is 1.21. The summed E-state index contributed by atoms with van der Waals surface area (Å²) < 4.78 is 0. The van der Waals surface area contributed by atoms with Crippen LogP contribution in [0.3, 0.4) is 0 Å². The fourth-order valence-corrected chi connectivity index (χ4v) is 3.99. The predicted octanol–water partition coefficient (Wildman–Crippen LogP) is 3.56. The van der Waals surface area contributed by atoms with E-state index in [0.717, 1.165) is 29.9 Å². The number of nitrogens with one attached hydrogen (secondary N) is 2. The Hall–Kier alpha value is -0.970. The van der Waals surface area contributed by atoms with Gasteiger partial charge in [-0.3, -0.25) is 0 Å². The molecule has 5 heteroatoms. The van der Waals surface area contributed by atoms with E-state index in [-0.39, 0.29) is 0 Å². The zero-order chi connectivity index (χ0) is 14.4. The fourth-order valence-electron chi connectivity index (χ4n) is 2.84. The number of thioether (sulfide) groups is 1. The Kier molecular flexibility index (Phi) is 5.95. The van der Waals surface area contributed by atoms with Crippen molar-refractivity contribution in [3.8, 4) is 0 Å². The quantitative estimate of drug-likeness (QED) is 0.805. The van der Waals surface area contributed by atoms with Crippen LogP contribution in [0.15, 0.2) is 6.33 Å². The second kappa shape index (κ2) is 7.72. The molecule has 2 N–H and O–H groups in total. The SMILES string of the molecule is CCNc1ncnc(NC2CCC(SCC)C2)c1CC. The number of hydrogen-bond donors (Lipinski definition) is 2. The van der Waals surface area contributed by atoms with Crippen LogP contribution >= 0.6 is 11.8 Å². The molecule has 1 heterocycles. The van der Waals surface area contributed by atoms with Crippen LogP contribution in [-0.2, 0) is 6.42 Å². The molecule has 0 radical (unpaired) electrons. The van der Waals surface area contributed by atoms with Crippen molar-refractivity contribution in [1.82, 2.24) is 9.97 Å². The van der Waals surface area contributed by atoms with Gasteiger partial charge in [0.2, 0.25) is 0 Å². The lowest BCUT2D eigenvalue weighted by Gasteiger charge is -2.18. The van der Waals surface area contributed by atoms with Crippen LogP contribution in [0, 0.1) is 0 Å². The van der Waals surface area contributed by atoms with Gasteiger partial charge in [-0.25, -0.2) is 9.97 Å². The predicted molar refractivity (Wildman–Crippen MR) is 88.8 cm³/mol. The summed E-state index contributed by atoms with van der Waals surface area (Å²) in [6, 6.07) is 0.564. The monoisotopic (exact) mass is 294 g/mol. The Morgan fingerprint density at radius 3 is 2.70 bits per heavy atom. The van der Waals surface area contributed by atoms with Gasteiger partial charge in [0, 0.05) is 23.4 Å². The molecule has 2 rings (SSSR count). The number of nitrogens with zero attached hydrogens (tertiary/aromatic N) is 2. The van der Waals surface area contributed by atoms with E-state index < -0.39 is 0 Å². The van der Waals surface area contributed by atoms with Crippen molar-refractivity contribution in [2.75, 3.05) is 22.9 Å². The Balaban J connectivity index is 2.04. The molecule has 1 fully saturated rings. The molecule has 112 valence electrons. The third-order valence-corrected chi connectivity index (χ3v) is 5.00. The van der Waals surface area contributed by atoms with Gasteiger partial charge in [-0.2, -0.15) is 11.8 Å². The zero-order valence-corrected chi connectivity index (χ0v) is 13.6. The molecule has 20 heavy (non-hydrogen) atoms. The maximum atomic E-state index is 4.46. The Morgan fingerprint density at radius 1 is 1.20 bits per heavy atom. The molecular formula is C15H26N4S. The smallest absolute Gasteiger partial charge is 0.134 e. The molecular weight excluding hydrogens is 268 g/mol. The maximum absolute atomic E-state index is 4.46. The van der Waals surface area contributed by atoms with E-state index in [1.807, 2.05) is 0 Å². The summed E-state index contributed by atoms with van der Waals surface area (Å²) in [5.74, 6) is 3.21. The molecule has 4 nitrogen and oxygen atoms in total. The van der Waals surface area contributed by atoms with Crippen LogP contribution in [0.25, 0.3) is 0 Å². The third kappa shape index (κ3) is 3.78. The summed E-state index contributed by atoms with van der Waals surface area (Å²) >= 11 is 2.09. The van der Waals surface area contributed by atoms with Gasteiger partial charge in [-0.15, -0.1) is 0 Å². The lowest BCUT2D eigenvalue weighted by atomic mass is 10.2. The third-order valence-electron chi connectivity index (χ3n) is 3.77.